The summed E-state index contributed by atoms with van der Waals surface area (Å²) < 4.78 is 27.9. The molecular weight excluding hydrogens is 364 g/mol. The second kappa shape index (κ2) is 8.54. The summed E-state index contributed by atoms with van der Waals surface area (Å²) in [4.78, 5) is 12.8. The van der Waals surface area contributed by atoms with Crippen LogP contribution in [-0.2, 0) is 16.6 Å². The molecule has 0 atom stereocenters. The van der Waals surface area contributed by atoms with Crippen LogP contribution < -0.4 is 14.7 Å². The molecule has 1 aliphatic carbocycles. The van der Waals surface area contributed by atoms with Gasteiger partial charge >= 0.3 is 0 Å². The summed E-state index contributed by atoms with van der Waals surface area (Å²) in [6, 6.07) is 15.0. The third-order valence-electron chi connectivity index (χ3n) is 4.79. The predicted octanol–water partition coefficient (Wildman–Crippen LogP) is 2.65. The van der Waals surface area contributed by atoms with E-state index in [9.17, 15) is 18.3 Å². The molecule has 0 saturated heterocycles. The molecule has 1 amide bonds. The van der Waals surface area contributed by atoms with Crippen LogP contribution in [0, 0.1) is 0 Å². The van der Waals surface area contributed by atoms with E-state index in [1.54, 1.807) is 0 Å². The van der Waals surface area contributed by atoms with Crippen molar-refractivity contribution in [2.75, 3.05) is 4.90 Å². The van der Waals surface area contributed by atoms with Gasteiger partial charge < -0.3 is 14.8 Å². The molecule has 144 valence electrons. The molecule has 0 aromatic heterocycles. The Hall–Kier alpha value is -2.38. The average molecular weight is 387 g/mol. The first-order valence-electron chi connectivity index (χ1n) is 9.10. The summed E-state index contributed by atoms with van der Waals surface area (Å²) in [5.74, 6) is 0. The lowest BCUT2D eigenvalue weighted by Gasteiger charge is -2.26. The lowest BCUT2D eigenvalue weighted by Crippen LogP contribution is -2.41. The van der Waals surface area contributed by atoms with Crippen LogP contribution in [0.3, 0.4) is 0 Å². The number of sulfonamides is 1. The summed E-state index contributed by atoms with van der Waals surface area (Å²) in [5.41, 5.74) is 1.19. The van der Waals surface area contributed by atoms with Gasteiger partial charge in [0.25, 0.3) is 0 Å². The zero-order valence-electron chi connectivity index (χ0n) is 15.0. The van der Waals surface area contributed by atoms with Gasteiger partial charge in [0, 0.05) is 18.3 Å². The number of benzene rings is 2. The Morgan fingerprint density at radius 1 is 1.00 bits per heavy atom. The fourth-order valence-electron chi connectivity index (χ4n) is 3.34. The fourth-order valence-corrected chi connectivity index (χ4v) is 4.65. The van der Waals surface area contributed by atoms with Gasteiger partial charge in [0.05, 0.1) is 4.90 Å². The molecule has 7 heteroatoms. The monoisotopic (exact) mass is 387 g/mol. The van der Waals surface area contributed by atoms with Gasteiger partial charge in [-0.1, -0.05) is 49.6 Å². The van der Waals surface area contributed by atoms with Crippen LogP contribution in [0.1, 0.15) is 37.7 Å². The van der Waals surface area contributed by atoms with Gasteiger partial charge in [-0.2, -0.15) is 0 Å². The molecule has 3 rings (SSSR count). The zero-order chi connectivity index (χ0) is 19.3. The molecule has 1 N–H and O–H groups in total. The molecule has 6 nitrogen and oxygen atoms in total. The van der Waals surface area contributed by atoms with Gasteiger partial charge in [-0.15, -0.1) is 0 Å². The van der Waals surface area contributed by atoms with Gasteiger partial charge in [-0.25, -0.2) is 13.1 Å². The lowest BCUT2D eigenvalue weighted by molar-refractivity contribution is -0.246. The molecule has 0 spiro atoms. The van der Waals surface area contributed by atoms with Crippen molar-refractivity contribution in [2.45, 2.75) is 49.6 Å². The third kappa shape index (κ3) is 5.08. The first-order valence-corrected chi connectivity index (χ1v) is 10.6. The molecule has 2 aromatic rings. The number of nitrogens with one attached hydrogen (secondary N) is 1. The maximum Gasteiger partial charge on any atom is 0.240 e. The summed E-state index contributed by atoms with van der Waals surface area (Å²) in [5, 5.41) is 11.5. The summed E-state index contributed by atoms with van der Waals surface area (Å²) in [6.07, 6.45) is 3.58. The minimum absolute atomic E-state index is 0.0266. The first-order chi connectivity index (χ1) is 13.0. The largest absolute Gasteiger partial charge is 0.530 e. The number of anilines is 1. The Balaban J connectivity index is 1.75. The van der Waals surface area contributed by atoms with Crippen molar-refractivity contribution in [3.8, 4) is 0 Å². The molecule has 0 bridgehead atoms. The van der Waals surface area contributed by atoms with Gasteiger partial charge in [-0.05, 0) is 42.7 Å². The third-order valence-corrected chi connectivity index (χ3v) is 6.33. The van der Waals surface area contributed by atoms with Crippen LogP contribution in [-0.4, -0.2) is 20.6 Å². The molecular formula is C20H23N2O4S-. The molecule has 0 heterocycles. The lowest BCUT2D eigenvalue weighted by atomic mass is 9.96. The standard InChI is InChI=1S/C20H24N2O4S/c23-20(24)22(15-16-7-3-1-4-8-16)18-11-13-19(14-12-18)27(25,26)21-17-9-5-2-6-10-17/h1,3-4,7-8,11-14,17,21H,2,5-6,9-10,15H2,(H,23,24)/p-1. The van der Waals surface area contributed by atoms with E-state index in [0.29, 0.717) is 5.69 Å². The summed E-state index contributed by atoms with van der Waals surface area (Å²) in [7, 11) is -3.61. The molecule has 1 fully saturated rings. The Morgan fingerprint density at radius 2 is 1.63 bits per heavy atom. The van der Waals surface area contributed by atoms with E-state index in [4.69, 9.17) is 0 Å². The number of hydrogen-bond acceptors (Lipinski definition) is 4. The second-order valence-electron chi connectivity index (χ2n) is 6.79. The van der Waals surface area contributed by atoms with Crippen molar-refractivity contribution < 1.29 is 18.3 Å². The number of hydrogen-bond donors (Lipinski definition) is 1. The number of carbonyl (C=O) groups excluding carboxylic acids is 1. The molecule has 0 aliphatic heterocycles. The predicted molar refractivity (Wildman–Crippen MR) is 102 cm³/mol. The van der Waals surface area contributed by atoms with E-state index in [2.05, 4.69) is 4.72 Å². The highest BCUT2D eigenvalue weighted by Crippen LogP contribution is 2.22. The van der Waals surface area contributed by atoms with Crippen LogP contribution >= 0.6 is 0 Å². The number of amides is 1. The van der Waals surface area contributed by atoms with Crippen LogP contribution in [0.4, 0.5) is 10.5 Å². The number of carboxylic acid groups (broad SMARTS) is 1. The SMILES string of the molecule is O=C([O-])N(Cc1ccccc1)c1ccc(S(=O)(=O)NC2CCCCC2)cc1. The average Bonchev–Trinajstić information content (AvgIpc) is 2.67. The molecule has 0 radical (unpaired) electrons. The van der Waals surface area contributed by atoms with Crippen molar-refractivity contribution in [3.63, 3.8) is 0 Å². The van der Waals surface area contributed by atoms with E-state index in [0.717, 1.165) is 42.6 Å². The minimum Gasteiger partial charge on any atom is -0.530 e. The Morgan fingerprint density at radius 3 is 2.22 bits per heavy atom. The Bertz CT molecular complexity index is 861. The van der Waals surface area contributed by atoms with Crippen LogP contribution in [0.15, 0.2) is 59.5 Å². The molecule has 0 unspecified atom stereocenters. The molecule has 1 saturated carbocycles. The maximum absolute atomic E-state index is 12.6. The van der Waals surface area contributed by atoms with E-state index < -0.39 is 16.1 Å². The number of carbonyl (C=O) groups is 1. The Labute approximate surface area is 159 Å². The summed E-state index contributed by atoms with van der Waals surface area (Å²) in [6.45, 7) is 0.135. The van der Waals surface area contributed by atoms with Crippen molar-refractivity contribution in [2.24, 2.45) is 0 Å². The fraction of sp³-hybridized carbons (Fsp3) is 0.350. The molecule has 27 heavy (non-hydrogen) atoms. The van der Waals surface area contributed by atoms with E-state index in [1.807, 2.05) is 30.3 Å². The zero-order valence-corrected chi connectivity index (χ0v) is 15.8. The van der Waals surface area contributed by atoms with E-state index in [-0.39, 0.29) is 17.5 Å². The highest BCUT2D eigenvalue weighted by atomic mass is 32.2. The first kappa shape index (κ1) is 19.4. The Kier molecular flexibility index (Phi) is 6.13. The van der Waals surface area contributed by atoms with E-state index >= 15 is 0 Å². The van der Waals surface area contributed by atoms with Crippen molar-refractivity contribution >= 4 is 21.8 Å². The summed E-state index contributed by atoms with van der Waals surface area (Å²) >= 11 is 0. The molecule has 2 aromatic carbocycles. The minimum atomic E-state index is -3.61. The van der Waals surface area contributed by atoms with Crippen molar-refractivity contribution in [1.82, 2.24) is 4.72 Å². The maximum atomic E-state index is 12.6. The van der Waals surface area contributed by atoms with Crippen LogP contribution in [0.5, 0.6) is 0 Å². The quantitative estimate of drug-likeness (QED) is 0.825. The number of nitrogens with zero attached hydrogens (tertiary/aromatic N) is 1. The van der Waals surface area contributed by atoms with E-state index in [1.165, 1.54) is 24.3 Å². The van der Waals surface area contributed by atoms with Crippen LogP contribution in [0.2, 0.25) is 0 Å². The highest BCUT2D eigenvalue weighted by molar-refractivity contribution is 7.89. The topological polar surface area (TPSA) is 89.5 Å². The van der Waals surface area contributed by atoms with Gasteiger partial charge in [0.2, 0.25) is 10.0 Å². The second-order valence-corrected chi connectivity index (χ2v) is 8.50. The molecule has 1 aliphatic rings. The van der Waals surface area contributed by atoms with Crippen LogP contribution in [0.25, 0.3) is 0 Å². The van der Waals surface area contributed by atoms with Crippen molar-refractivity contribution in [3.05, 3.63) is 60.2 Å². The highest BCUT2D eigenvalue weighted by Gasteiger charge is 2.22. The number of rotatable bonds is 6. The smallest absolute Gasteiger partial charge is 0.240 e. The normalized spacial score (nSPS) is 15.4. The van der Waals surface area contributed by atoms with Crippen molar-refractivity contribution in [1.29, 1.82) is 0 Å². The van der Waals surface area contributed by atoms with Gasteiger partial charge in [0.1, 0.15) is 6.09 Å². The van der Waals surface area contributed by atoms with Gasteiger partial charge in [-0.3, -0.25) is 0 Å². The van der Waals surface area contributed by atoms with Gasteiger partial charge in [0.15, 0.2) is 0 Å².